The van der Waals surface area contributed by atoms with E-state index in [1.165, 1.54) is 6.42 Å². The largest absolute Gasteiger partial charge is 0.374 e. The van der Waals surface area contributed by atoms with Crippen LogP contribution in [0, 0.1) is 5.41 Å². The highest BCUT2D eigenvalue weighted by Gasteiger charge is 2.40. The summed E-state index contributed by atoms with van der Waals surface area (Å²) < 4.78 is 6.00. The molecular formula is C14H31NO. The Morgan fingerprint density at radius 3 is 1.94 bits per heavy atom. The van der Waals surface area contributed by atoms with Crippen molar-refractivity contribution in [3.8, 4) is 0 Å². The van der Waals surface area contributed by atoms with Crippen LogP contribution in [0.25, 0.3) is 0 Å². The summed E-state index contributed by atoms with van der Waals surface area (Å²) in [6.45, 7) is 17.4. The van der Waals surface area contributed by atoms with Gasteiger partial charge >= 0.3 is 0 Å². The minimum atomic E-state index is -0.0673. The van der Waals surface area contributed by atoms with Crippen molar-refractivity contribution in [3.63, 3.8) is 0 Å². The molecule has 2 heteroatoms. The molecule has 0 aromatic carbocycles. The van der Waals surface area contributed by atoms with Gasteiger partial charge in [0.2, 0.25) is 0 Å². The van der Waals surface area contributed by atoms with Crippen LogP contribution < -0.4 is 5.32 Å². The average molecular weight is 229 g/mol. The van der Waals surface area contributed by atoms with Crippen LogP contribution in [-0.2, 0) is 4.74 Å². The second-order valence-electron chi connectivity index (χ2n) is 5.85. The molecule has 0 saturated carbocycles. The maximum absolute atomic E-state index is 6.00. The van der Waals surface area contributed by atoms with Gasteiger partial charge in [0.05, 0.1) is 5.60 Å². The molecule has 0 amide bonds. The highest BCUT2D eigenvalue weighted by Crippen LogP contribution is 2.32. The van der Waals surface area contributed by atoms with Gasteiger partial charge in [-0.25, -0.2) is 0 Å². The molecule has 0 bridgehead atoms. The van der Waals surface area contributed by atoms with Crippen LogP contribution in [-0.4, -0.2) is 24.8 Å². The quantitative estimate of drug-likeness (QED) is 0.720. The summed E-state index contributed by atoms with van der Waals surface area (Å²) in [4.78, 5) is 0. The Balaban J connectivity index is 4.82. The lowest BCUT2D eigenvalue weighted by atomic mass is 9.75. The minimum absolute atomic E-state index is 0.0673. The molecule has 1 N–H and O–H groups in total. The summed E-state index contributed by atoms with van der Waals surface area (Å²) in [6.07, 6.45) is 2.21. The highest BCUT2D eigenvalue weighted by molar-refractivity contribution is 4.96. The Morgan fingerprint density at radius 1 is 1.06 bits per heavy atom. The zero-order valence-corrected chi connectivity index (χ0v) is 12.3. The first-order valence-electron chi connectivity index (χ1n) is 6.69. The first-order chi connectivity index (χ1) is 7.31. The Labute approximate surface area is 102 Å². The second kappa shape index (κ2) is 6.61. The van der Waals surface area contributed by atoms with Crippen LogP contribution in [0.3, 0.4) is 0 Å². The normalized spacial score (nSPS) is 18.2. The molecule has 98 valence electrons. The maximum atomic E-state index is 6.00. The van der Waals surface area contributed by atoms with E-state index >= 15 is 0 Å². The molecular weight excluding hydrogens is 198 g/mol. The zero-order valence-electron chi connectivity index (χ0n) is 12.3. The van der Waals surface area contributed by atoms with Gasteiger partial charge in [-0.1, -0.05) is 34.6 Å². The predicted octanol–water partition coefficient (Wildman–Crippen LogP) is 3.61. The topological polar surface area (TPSA) is 21.3 Å². The SMILES string of the molecule is CCCNC(C(C)(C)C)C(C)(CC)OCC. The molecule has 0 aliphatic heterocycles. The van der Waals surface area contributed by atoms with E-state index in [0.29, 0.717) is 6.04 Å². The smallest absolute Gasteiger partial charge is 0.0809 e. The van der Waals surface area contributed by atoms with E-state index in [2.05, 4.69) is 53.8 Å². The average Bonchev–Trinajstić information content (AvgIpc) is 2.16. The lowest BCUT2D eigenvalue weighted by molar-refractivity contribution is -0.0808. The highest BCUT2D eigenvalue weighted by atomic mass is 16.5. The van der Waals surface area contributed by atoms with E-state index in [-0.39, 0.29) is 11.0 Å². The van der Waals surface area contributed by atoms with Crippen molar-refractivity contribution in [1.82, 2.24) is 5.32 Å². The fourth-order valence-electron chi connectivity index (χ4n) is 2.45. The van der Waals surface area contributed by atoms with Crippen molar-refractivity contribution in [2.75, 3.05) is 13.2 Å². The number of nitrogens with one attached hydrogen (secondary N) is 1. The van der Waals surface area contributed by atoms with E-state index in [0.717, 1.165) is 19.6 Å². The minimum Gasteiger partial charge on any atom is -0.374 e. The molecule has 0 radical (unpaired) electrons. The molecule has 0 aliphatic carbocycles. The summed E-state index contributed by atoms with van der Waals surface area (Å²) in [5.41, 5.74) is 0.150. The van der Waals surface area contributed by atoms with Crippen LogP contribution in [0.5, 0.6) is 0 Å². The summed E-state index contributed by atoms with van der Waals surface area (Å²) in [5, 5.41) is 3.66. The predicted molar refractivity (Wildman–Crippen MR) is 71.9 cm³/mol. The van der Waals surface area contributed by atoms with Gasteiger partial charge in [-0.15, -0.1) is 0 Å². The zero-order chi connectivity index (χ0) is 12.8. The molecule has 2 unspecified atom stereocenters. The van der Waals surface area contributed by atoms with Gasteiger partial charge in [-0.05, 0) is 38.6 Å². The third-order valence-electron chi connectivity index (χ3n) is 3.25. The molecule has 0 fully saturated rings. The Hall–Kier alpha value is -0.0800. The molecule has 0 aromatic heterocycles. The van der Waals surface area contributed by atoms with Crippen molar-refractivity contribution in [3.05, 3.63) is 0 Å². The fraction of sp³-hybridized carbons (Fsp3) is 1.00. The van der Waals surface area contributed by atoms with E-state index < -0.39 is 0 Å². The molecule has 0 aliphatic rings. The van der Waals surface area contributed by atoms with Crippen molar-refractivity contribution in [2.45, 2.75) is 73.0 Å². The second-order valence-corrected chi connectivity index (χ2v) is 5.85. The molecule has 0 rings (SSSR count). The number of ether oxygens (including phenoxy) is 1. The molecule has 16 heavy (non-hydrogen) atoms. The fourth-order valence-corrected chi connectivity index (χ4v) is 2.45. The standard InChI is InChI=1S/C14H31NO/c1-8-11-15-12(13(4,5)6)14(7,9-2)16-10-3/h12,15H,8-11H2,1-7H3. The molecule has 0 aromatic rings. The summed E-state index contributed by atoms with van der Waals surface area (Å²) >= 11 is 0. The van der Waals surface area contributed by atoms with Crippen molar-refractivity contribution in [2.24, 2.45) is 5.41 Å². The molecule has 0 spiro atoms. The Morgan fingerprint density at radius 2 is 1.62 bits per heavy atom. The van der Waals surface area contributed by atoms with Crippen molar-refractivity contribution < 1.29 is 4.74 Å². The van der Waals surface area contributed by atoms with Gasteiger partial charge in [-0.3, -0.25) is 0 Å². The van der Waals surface area contributed by atoms with Crippen molar-refractivity contribution >= 4 is 0 Å². The lowest BCUT2D eigenvalue weighted by Crippen LogP contribution is -2.57. The number of rotatable bonds is 7. The monoisotopic (exact) mass is 229 g/mol. The van der Waals surface area contributed by atoms with Gasteiger partial charge in [-0.2, -0.15) is 0 Å². The summed E-state index contributed by atoms with van der Waals surface area (Å²) in [5.74, 6) is 0. The van der Waals surface area contributed by atoms with Crippen molar-refractivity contribution in [1.29, 1.82) is 0 Å². The van der Waals surface area contributed by atoms with Gasteiger partial charge in [0.15, 0.2) is 0 Å². The molecule has 2 atom stereocenters. The summed E-state index contributed by atoms with van der Waals surface area (Å²) in [7, 11) is 0. The summed E-state index contributed by atoms with van der Waals surface area (Å²) in [6, 6.07) is 0.393. The first kappa shape index (κ1) is 15.9. The molecule has 0 heterocycles. The van der Waals surface area contributed by atoms with E-state index in [9.17, 15) is 0 Å². The Bertz CT molecular complexity index is 186. The van der Waals surface area contributed by atoms with Crippen LogP contribution in [0.15, 0.2) is 0 Å². The van der Waals surface area contributed by atoms with Crippen LogP contribution >= 0.6 is 0 Å². The molecule has 0 saturated heterocycles. The lowest BCUT2D eigenvalue weighted by Gasteiger charge is -2.45. The third-order valence-corrected chi connectivity index (χ3v) is 3.25. The van der Waals surface area contributed by atoms with Crippen LogP contribution in [0.1, 0.15) is 61.3 Å². The van der Waals surface area contributed by atoms with Gasteiger partial charge in [0.25, 0.3) is 0 Å². The molecule has 2 nitrogen and oxygen atoms in total. The van der Waals surface area contributed by atoms with E-state index in [4.69, 9.17) is 4.74 Å². The Kier molecular flexibility index (Phi) is 6.57. The number of hydrogen-bond acceptors (Lipinski definition) is 2. The first-order valence-corrected chi connectivity index (χ1v) is 6.69. The maximum Gasteiger partial charge on any atom is 0.0809 e. The van der Waals surface area contributed by atoms with E-state index in [1.807, 2.05) is 0 Å². The van der Waals surface area contributed by atoms with Gasteiger partial charge in [0, 0.05) is 12.6 Å². The van der Waals surface area contributed by atoms with E-state index in [1.54, 1.807) is 0 Å². The van der Waals surface area contributed by atoms with Gasteiger partial charge in [0.1, 0.15) is 0 Å². The third kappa shape index (κ3) is 4.42. The van der Waals surface area contributed by atoms with Gasteiger partial charge < -0.3 is 10.1 Å². The van der Waals surface area contributed by atoms with Crippen LogP contribution in [0.2, 0.25) is 0 Å². The number of hydrogen-bond donors (Lipinski definition) is 1. The van der Waals surface area contributed by atoms with Crippen LogP contribution in [0.4, 0.5) is 0 Å².